The number of aliphatic carboxylic acids is 1. The third-order valence-electron chi connectivity index (χ3n) is 1.85. The van der Waals surface area contributed by atoms with Gasteiger partial charge in [-0.2, -0.15) is 0 Å². The number of carboxylic acids is 1. The first kappa shape index (κ1) is 14.7. The summed E-state index contributed by atoms with van der Waals surface area (Å²) in [5.74, 6) is -1.03. The summed E-state index contributed by atoms with van der Waals surface area (Å²) in [5.41, 5.74) is 0. The lowest BCUT2D eigenvalue weighted by molar-refractivity contribution is -0.139. The van der Waals surface area contributed by atoms with Crippen molar-refractivity contribution in [3.63, 3.8) is 0 Å². The Hall–Kier alpha value is -1.30. The number of carboxylic acid groups (broad SMARTS) is 1. The monoisotopic (exact) mass is 232 g/mol. The molecular formula is C10H20N2O4. The maximum Gasteiger partial charge on any atom is 0.326 e. The molecule has 94 valence electrons. The molecule has 0 rings (SSSR count). The number of hydrogen-bond acceptors (Lipinski definition) is 3. The van der Waals surface area contributed by atoms with Gasteiger partial charge in [-0.3, -0.25) is 0 Å². The largest absolute Gasteiger partial charge is 0.480 e. The van der Waals surface area contributed by atoms with E-state index >= 15 is 0 Å². The Kier molecular flexibility index (Phi) is 7.28. The first-order valence-electron chi connectivity index (χ1n) is 5.36. The minimum atomic E-state index is -1.03. The van der Waals surface area contributed by atoms with Gasteiger partial charge in [0.2, 0.25) is 0 Å². The highest BCUT2D eigenvalue weighted by molar-refractivity contribution is 5.82. The SMILES string of the molecule is CC[C@H](NC(=O)NCCOC(C)C)C(=O)O. The van der Waals surface area contributed by atoms with E-state index in [2.05, 4.69) is 10.6 Å². The molecule has 0 aromatic carbocycles. The van der Waals surface area contributed by atoms with Gasteiger partial charge in [0.05, 0.1) is 12.7 Å². The normalized spacial score (nSPS) is 12.2. The number of rotatable bonds is 7. The number of urea groups is 1. The Morgan fingerprint density at radius 2 is 2.00 bits per heavy atom. The van der Waals surface area contributed by atoms with Crippen LogP contribution in [0.15, 0.2) is 0 Å². The average molecular weight is 232 g/mol. The zero-order chi connectivity index (χ0) is 12.6. The lowest BCUT2D eigenvalue weighted by Gasteiger charge is -2.13. The summed E-state index contributed by atoms with van der Waals surface area (Å²) < 4.78 is 5.21. The second-order valence-electron chi connectivity index (χ2n) is 3.62. The van der Waals surface area contributed by atoms with Gasteiger partial charge in [0.15, 0.2) is 0 Å². The van der Waals surface area contributed by atoms with Crippen LogP contribution in [0.3, 0.4) is 0 Å². The fourth-order valence-corrected chi connectivity index (χ4v) is 1.01. The highest BCUT2D eigenvalue weighted by atomic mass is 16.5. The van der Waals surface area contributed by atoms with Crippen molar-refractivity contribution in [3.8, 4) is 0 Å². The van der Waals surface area contributed by atoms with E-state index in [-0.39, 0.29) is 6.10 Å². The van der Waals surface area contributed by atoms with Gasteiger partial charge in [0, 0.05) is 6.54 Å². The number of ether oxygens (including phenoxy) is 1. The molecule has 0 unspecified atom stereocenters. The van der Waals surface area contributed by atoms with E-state index in [0.717, 1.165) is 0 Å². The number of carbonyl (C=O) groups excluding carboxylic acids is 1. The van der Waals surface area contributed by atoms with Crippen molar-refractivity contribution in [3.05, 3.63) is 0 Å². The van der Waals surface area contributed by atoms with E-state index in [1.165, 1.54) is 0 Å². The van der Waals surface area contributed by atoms with Crippen LogP contribution >= 0.6 is 0 Å². The Bertz CT molecular complexity index is 231. The van der Waals surface area contributed by atoms with E-state index in [4.69, 9.17) is 9.84 Å². The van der Waals surface area contributed by atoms with E-state index in [1.807, 2.05) is 13.8 Å². The highest BCUT2D eigenvalue weighted by Crippen LogP contribution is 1.90. The quantitative estimate of drug-likeness (QED) is 0.560. The van der Waals surface area contributed by atoms with Crippen LogP contribution < -0.4 is 10.6 Å². The molecule has 1 atom stereocenters. The molecule has 0 saturated heterocycles. The maximum absolute atomic E-state index is 11.2. The fraction of sp³-hybridized carbons (Fsp3) is 0.800. The summed E-state index contributed by atoms with van der Waals surface area (Å²) in [4.78, 5) is 21.8. The van der Waals surface area contributed by atoms with Crippen molar-refractivity contribution in [1.29, 1.82) is 0 Å². The number of hydrogen-bond donors (Lipinski definition) is 3. The van der Waals surface area contributed by atoms with Gasteiger partial charge in [-0.15, -0.1) is 0 Å². The molecule has 0 radical (unpaired) electrons. The van der Waals surface area contributed by atoms with Gasteiger partial charge in [0.25, 0.3) is 0 Å². The van der Waals surface area contributed by atoms with Gasteiger partial charge in [-0.25, -0.2) is 9.59 Å². The summed E-state index contributed by atoms with van der Waals surface area (Å²) in [5, 5.41) is 13.6. The minimum Gasteiger partial charge on any atom is -0.480 e. The number of carbonyl (C=O) groups is 2. The predicted molar refractivity (Wildman–Crippen MR) is 59.3 cm³/mol. The lowest BCUT2D eigenvalue weighted by atomic mass is 10.2. The molecule has 0 saturated carbocycles. The van der Waals surface area contributed by atoms with Gasteiger partial charge >= 0.3 is 12.0 Å². The molecule has 6 nitrogen and oxygen atoms in total. The molecule has 0 aliphatic heterocycles. The first-order chi connectivity index (χ1) is 7.47. The van der Waals surface area contributed by atoms with Crippen molar-refractivity contribution in [2.75, 3.05) is 13.2 Å². The van der Waals surface area contributed by atoms with Gasteiger partial charge in [-0.05, 0) is 20.3 Å². The van der Waals surface area contributed by atoms with Crippen LogP contribution in [0.1, 0.15) is 27.2 Å². The molecule has 0 aromatic rings. The molecule has 0 aliphatic rings. The summed E-state index contributed by atoms with van der Waals surface area (Å²) in [6.45, 7) is 6.27. The maximum atomic E-state index is 11.2. The molecule has 0 aliphatic carbocycles. The topological polar surface area (TPSA) is 87.7 Å². The zero-order valence-corrected chi connectivity index (χ0v) is 9.95. The van der Waals surface area contributed by atoms with Gasteiger partial charge < -0.3 is 20.5 Å². The van der Waals surface area contributed by atoms with Crippen molar-refractivity contribution in [1.82, 2.24) is 10.6 Å². The minimum absolute atomic E-state index is 0.118. The Balaban J connectivity index is 3.69. The van der Waals surface area contributed by atoms with Gasteiger partial charge in [0.1, 0.15) is 6.04 Å². The molecule has 2 amide bonds. The molecular weight excluding hydrogens is 212 g/mol. The zero-order valence-electron chi connectivity index (χ0n) is 9.95. The number of amides is 2. The third-order valence-corrected chi connectivity index (χ3v) is 1.85. The summed E-state index contributed by atoms with van der Waals surface area (Å²) in [6, 6.07) is -1.33. The van der Waals surface area contributed by atoms with E-state index in [0.29, 0.717) is 19.6 Å². The van der Waals surface area contributed by atoms with E-state index in [9.17, 15) is 9.59 Å². The van der Waals surface area contributed by atoms with Crippen molar-refractivity contribution in [2.24, 2.45) is 0 Å². The molecule has 0 fully saturated rings. The standard InChI is InChI=1S/C10H20N2O4/c1-4-8(9(13)14)12-10(15)11-5-6-16-7(2)3/h7-8H,4-6H2,1-3H3,(H,13,14)(H2,11,12,15)/t8-/m0/s1. The highest BCUT2D eigenvalue weighted by Gasteiger charge is 2.16. The van der Waals surface area contributed by atoms with Crippen LogP contribution in [0.2, 0.25) is 0 Å². The molecule has 0 aromatic heterocycles. The molecule has 0 spiro atoms. The van der Waals surface area contributed by atoms with Crippen molar-refractivity contribution >= 4 is 12.0 Å². The molecule has 16 heavy (non-hydrogen) atoms. The van der Waals surface area contributed by atoms with Crippen LogP contribution in [-0.2, 0) is 9.53 Å². The third kappa shape index (κ3) is 7.05. The average Bonchev–Trinajstić information content (AvgIpc) is 2.20. The van der Waals surface area contributed by atoms with Crippen LogP contribution in [0.4, 0.5) is 4.79 Å². The van der Waals surface area contributed by atoms with Crippen LogP contribution in [0.25, 0.3) is 0 Å². The first-order valence-corrected chi connectivity index (χ1v) is 5.36. The van der Waals surface area contributed by atoms with Crippen LogP contribution in [-0.4, -0.2) is 42.4 Å². The Morgan fingerprint density at radius 1 is 1.38 bits per heavy atom. The summed E-state index contributed by atoms with van der Waals surface area (Å²) in [7, 11) is 0. The summed E-state index contributed by atoms with van der Waals surface area (Å²) >= 11 is 0. The van der Waals surface area contributed by atoms with Crippen molar-refractivity contribution in [2.45, 2.75) is 39.3 Å². The van der Waals surface area contributed by atoms with Crippen LogP contribution in [0.5, 0.6) is 0 Å². The smallest absolute Gasteiger partial charge is 0.326 e. The Morgan fingerprint density at radius 3 is 2.44 bits per heavy atom. The van der Waals surface area contributed by atoms with Gasteiger partial charge in [-0.1, -0.05) is 6.92 Å². The van der Waals surface area contributed by atoms with Crippen molar-refractivity contribution < 1.29 is 19.4 Å². The molecule has 0 bridgehead atoms. The lowest BCUT2D eigenvalue weighted by Crippen LogP contribution is -2.46. The molecule has 6 heteroatoms. The molecule has 3 N–H and O–H groups in total. The van der Waals surface area contributed by atoms with Crippen LogP contribution in [0, 0.1) is 0 Å². The summed E-state index contributed by atoms with van der Waals surface area (Å²) in [6.07, 6.45) is 0.470. The Labute approximate surface area is 95.4 Å². The second-order valence-corrected chi connectivity index (χ2v) is 3.62. The second kappa shape index (κ2) is 7.92. The predicted octanol–water partition coefficient (Wildman–Crippen LogP) is 0.574. The van der Waals surface area contributed by atoms with E-state index in [1.54, 1.807) is 6.92 Å². The van der Waals surface area contributed by atoms with E-state index < -0.39 is 18.0 Å². The number of nitrogens with one attached hydrogen (secondary N) is 2. The fourth-order valence-electron chi connectivity index (χ4n) is 1.01. The molecule has 0 heterocycles.